The van der Waals surface area contributed by atoms with Crippen molar-refractivity contribution >= 4 is 101 Å². The number of ether oxygens (including phenoxy) is 3. The van der Waals surface area contributed by atoms with Crippen molar-refractivity contribution in [2.75, 3.05) is 125 Å². The Morgan fingerprint density at radius 3 is 0.927 bits per heavy atom. The number of methoxy groups -OCH3 is 1. The van der Waals surface area contributed by atoms with Gasteiger partial charge in [-0.05, 0) is 276 Å². The number of hydrogen-bond acceptors (Lipinski definition) is 14. The van der Waals surface area contributed by atoms with Gasteiger partial charge in [0.05, 0.1) is 40.1 Å². The molecule has 16 heterocycles. The Kier molecular flexibility index (Phi) is 28.6. The highest BCUT2D eigenvalue weighted by Crippen LogP contribution is 2.43. The van der Waals surface area contributed by atoms with Gasteiger partial charge < -0.3 is 81.1 Å². The lowest BCUT2D eigenvalue weighted by Gasteiger charge is -2.26. The van der Waals surface area contributed by atoms with E-state index in [1.54, 1.807) is 7.11 Å². The van der Waals surface area contributed by atoms with Gasteiger partial charge in [0.15, 0.2) is 0 Å². The van der Waals surface area contributed by atoms with E-state index in [2.05, 4.69) is 215 Å². The van der Waals surface area contributed by atoms with E-state index in [1.807, 2.05) is 128 Å². The largest absolute Gasteiger partial charge is 0.497 e. The number of carbonyl (C=O) groups is 6. The highest BCUT2D eigenvalue weighted by atomic mass is 16.5. The minimum absolute atomic E-state index is 0.00877. The number of aliphatic hydroxyl groups excluding tert-OH is 1. The summed E-state index contributed by atoms with van der Waals surface area (Å²) in [7, 11) is 1.66. The van der Waals surface area contributed by atoms with Crippen molar-refractivity contribution in [3.63, 3.8) is 0 Å². The molecule has 0 saturated carbocycles. The zero-order valence-corrected chi connectivity index (χ0v) is 84.4. The van der Waals surface area contributed by atoms with Gasteiger partial charge in [-0.15, -0.1) is 0 Å². The lowest BCUT2D eigenvalue weighted by molar-refractivity contribution is 0.0341. The third-order valence-electron chi connectivity index (χ3n) is 31.1. The smallest absolute Gasteiger partial charge is 0.252 e. The molecule has 150 heavy (non-hydrogen) atoms. The first-order chi connectivity index (χ1) is 73.7. The van der Waals surface area contributed by atoms with E-state index in [4.69, 9.17) is 14.2 Å². The summed E-state index contributed by atoms with van der Waals surface area (Å²) in [6, 6.07) is 86.5. The molecule has 4 saturated heterocycles. The SMILES string of the molecule is COc1ccc(C2CNC(=O)c3cccc4[nH]cc2c34)cc1.O=C1NCCc2c(-c3ccc(CN4CCCC4)cc3)[nH]c3cccc1c23.O=C1NCCc2c(-c3ccc(CN4CCOCC4)cc3)[nH]c3cccc1c23.O=C1NCCc2c(-c3ccc(CO)cc3)[nH]c3cccc1c23.O=C1NCCc2c(-c3cccc(CN4CCCC4)c3)[nH]c3cccc1c23.O=C1NCCc2c(-c3cccc(CN4CCOCC4)c3)[nH]c3cccc1c23. The molecule has 26 heteroatoms. The van der Waals surface area contributed by atoms with Crippen LogP contribution in [0.4, 0.5) is 0 Å². The predicted molar refractivity (Wildman–Crippen MR) is 591 cm³/mol. The predicted octanol–water partition coefficient (Wildman–Crippen LogP) is 19.0. The van der Waals surface area contributed by atoms with E-state index in [0.717, 1.165) is 261 Å². The van der Waals surface area contributed by atoms with Crippen molar-refractivity contribution in [1.82, 2.24) is 81.4 Å². The number of carbonyl (C=O) groups excluding carboxylic acids is 6. The van der Waals surface area contributed by atoms with Gasteiger partial charge >= 0.3 is 0 Å². The van der Waals surface area contributed by atoms with Crippen LogP contribution in [0.2, 0.25) is 0 Å². The summed E-state index contributed by atoms with van der Waals surface area (Å²) in [5.41, 5.74) is 37.0. The molecule has 26 nitrogen and oxygen atoms in total. The molecular weight excluding hydrogens is 1870 g/mol. The van der Waals surface area contributed by atoms with Crippen LogP contribution in [0.5, 0.6) is 5.75 Å². The Bertz CT molecular complexity index is 8080. The Balaban J connectivity index is 0.0000000988. The highest BCUT2D eigenvalue weighted by Gasteiger charge is 2.32. The Labute approximate surface area is 869 Å². The number of H-pyrrole nitrogens is 6. The van der Waals surface area contributed by atoms with Gasteiger partial charge in [-0.25, -0.2) is 0 Å². The fraction of sp³-hybridized carbons (Fsp3) is 0.274. The molecule has 10 aliphatic rings. The Morgan fingerprint density at radius 2 is 0.593 bits per heavy atom. The van der Waals surface area contributed by atoms with E-state index in [9.17, 15) is 33.9 Å². The third kappa shape index (κ3) is 20.4. The normalized spacial score (nSPS) is 17.0. The van der Waals surface area contributed by atoms with Crippen molar-refractivity contribution < 1.29 is 48.1 Å². The molecule has 12 aromatic carbocycles. The minimum atomic E-state index is -0.0116. The number of rotatable bonds is 16. The summed E-state index contributed by atoms with van der Waals surface area (Å²) in [5.74, 6) is 1.04. The number of nitrogens with one attached hydrogen (secondary N) is 12. The Hall–Kier alpha value is -15.8. The van der Waals surface area contributed by atoms with Gasteiger partial charge in [0.1, 0.15) is 5.75 Å². The van der Waals surface area contributed by atoms with E-state index < -0.39 is 0 Å². The number of aromatic amines is 6. The summed E-state index contributed by atoms with van der Waals surface area (Å²) in [5, 5.41) is 33.5. The molecule has 1 atom stereocenters. The van der Waals surface area contributed by atoms with Crippen LogP contribution in [0.15, 0.2) is 261 Å². The quantitative estimate of drug-likeness (QED) is 0.0428. The molecule has 6 amide bonds. The molecule has 6 aromatic heterocycles. The highest BCUT2D eigenvalue weighted by molar-refractivity contribution is 6.15. The molecule has 0 bridgehead atoms. The van der Waals surface area contributed by atoms with Crippen LogP contribution in [0, 0.1) is 0 Å². The number of likely N-dealkylation sites (tertiary alicyclic amines) is 2. The van der Waals surface area contributed by atoms with Crippen LogP contribution in [0.3, 0.4) is 0 Å². The molecule has 0 spiro atoms. The lowest BCUT2D eigenvalue weighted by Crippen LogP contribution is -2.35. The van der Waals surface area contributed by atoms with Gasteiger partial charge in [0.2, 0.25) is 0 Å². The topological polar surface area (TPSA) is 330 Å². The second-order valence-corrected chi connectivity index (χ2v) is 40.5. The van der Waals surface area contributed by atoms with Crippen LogP contribution in [0.25, 0.3) is 122 Å². The van der Waals surface area contributed by atoms with Crippen LogP contribution in [0.1, 0.15) is 161 Å². The summed E-state index contributed by atoms with van der Waals surface area (Å²) < 4.78 is 16.1. The van der Waals surface area contributed by atoms with Gasteiger partial charge in [0.25, 0.3) is 35.4 Å². The third-order valence-corrected chi connectivity index (χ3v) is 31.1. The molecule has 760 valence electrons. The van der Waals surface area contributed by atoms with Crippen molar-refractivity contribution in [2.24, 2.45) is 0 Å². The van der Waals surface area contributed by atoms with Gasteiger partial charge in [-0.2, -0.15) is 0 Å². The number of benzene rings is 12. The monoisotopic (exact) mass is 2000 g/mol. The number of aliphatic hydroxyl groups is 1. The summed E-state index contributed by atoms with van der Waals surface area (Å²) in [6.07, 6.45) is 11.5. The fourth-order valence-electron chi connectivity index (χ4n) is 23.6. The average Bonchev–Trinajstić information content (AvgIpc) is 1.62. The van der Waals surface area contributed by atoms with Crippen LogP contribution >= 0.6 is 0 Å². The molecule has 4 fully saturated rings. The number of amides is 6. The Morgan fingerprint density at radius 1 is 0.300 bits per heavy atom. The molecule has 13 N–H and O–H groups in total. The fourth-order valence-corrected chi connectivity index (χ4v) is 23.6. The lowest BCUT2D eigenvalue weighted by atomic mass is 9.91. The van der Waals surface area contributed by atoms with Crippen molar-refractivity contribution in [2.45, 2.75) is 96.5 Å². The first-order valence-corrected chi connectivity index (χ1v) is 53.0. The standard InChI is InChI=1S/2C22H23N3O2.2C22H23N3O.2C18H16N2O2/c26-22-18-5-2-6-19-20(18)17(7-8-23-22)21(24-19)16-4-1-3-15(13-16)14-25-9-11-27-12-10-25;26-22-18-2-1-3-19-20(18)17(8-9-23-22)21(24-19)16-6-4-15(5-7-16)14-25-10-12-27-13-11-25;26-22-18-7-4-8-19-20(18)17(9-10-23-22)21(24-19)16-6-3-5-15(13-16)14-25-11-1-2-12-25;26-22-18-4-3-5-19-20(18)17(10-11-23-22)21(24-19)16-8-6-15(7-9-16)14-25-12-1-2-13-25;1-22-12-7-5-11(6-8-12)14-9-20-18(21)13-3-2-4-16-17(13)15(14)10-19-16;21-10-11-4-6-12(7-5-11)17-13-8-9-19-18(22)14-2-1-3-15(20-17)16(13)14/h1-6,13,24H,7-12,14H2,(H,23,26);1-7,24H,8-14H2,(H,23,26);3-8,13,24H,1-2,9-12,14H2,(H,23,26);3-9,24H,1-2,10-14H2,(H,23,26);2-8,10,14,19H,9H2,1H3,(H,20,21);1-7,20-21H,8-10H2,(H,19,22). The van der Waals surface area contributed by atoms with Crippen LogP contribution < -0.4 is 36.6 Å². The average molecular weight is 2000 g/mol. The number of aromatic nitrogens is 6. The maximum atomic E-state index is 12.4. The zero-order valence-electron chi connectivity index (χ0n) is 84.4. The number of nitrogens with zero attached hydrogens (tertiary/aromatic N) is 4. The van der Waals surface area contributed by atoms with Crippen molar-refractivity contribution in [3.05, 3.63) is 361 Å². The second-order valence-electron chi connectivity index (χ2n) is 40.5. The second kappa shape index (κ2) is 43.9. The summed E-state index contributed by atoms with van der Waals surface area (Å²) in [4.78, 5) is 105. The van der Waals surface area contributed by atoms with E-state index in [1.165, 1.54) is 130 Å². The molecule has 10 aliphatic heterocycles. The molecule has 18 aromatic rings. The molecule has 0 aliphatic carbocycles. The van der Waals surface area contributed by atoms with Gasteiger partial charge in [-0.1, -0.05) is 158 Å². The first-order valence-electron chi connectivity index (χ1n) is 53.0. The van der Waals surface area contributed by atoms with Crippen molar-refractivity contribution in [3.8, 4) is 62.0 Å². The minimum Gasteiger partial charge on any atom is -0.497 e. The van der Waals surface area contributed by atoms with Gasteiger partial charge in [-0.3, -0.25) is 48.4 Å². The zero-order chi connectivity index (χ0) is 102. The summed E-state index contributed by atoms with van der Waals surface area (Å²) in [6.45, 7) is 20.0. The molecule has 28 rings (SSSR count). The number of morpholine rings is 2. The molecule has 0 radical (unpaired) electrons. The summed E-state index contributed by atoms with van der Waals surface area (Å²) >= 11 is 0. The maximum absolute atomic E-state index is 12.4. The van der Waals surface area contributed by atoms with E-state index in [-0.39, 0.29) is 48.0 Å². The molecule has 1 unspecified atom stereocenters. The van der Waals surface area contributed by atoms with E-state index in [0.29, 0.717) is 39.3 Å². The van der Waals surface area contributed by atoms with Gasteiger partial charge in [0, 0.05) is 231 Å². The van der Waals surface area contributed by atoms with Crippen LogP contribution in [-0.4, -0.2) is 215 Å². The van der Waals surface area contributed by atoms with Crippen molar-refractivity contribution in [1.29, 1.82) is 0 Å². The van der Waals surface area contributed by atoms with E-state index >= 15 is 0 Å². The molecular formula is C124H124N16O10. The van der Waals surface area contributed by atoms with Crippen LogP contribution in [-0.2, 0) is 74.4 Å². The number of hydrogen-bond donors (Lipinski definition) is 13. The first kappa shape index (κ1) is 97.6. The maximum Gasteiger partial charge on any atom is 0.252 e.